The number of aromatic nitrogens is 2. The van der Waals surface area contributed by atoms with Crippen LogP contribution in [0.1, 0.15) is 5.56 Å². The molecular weight excluding hydrogens is 396 g/mol. The molecule has 0 N–H and O–H groups in total. The van der Waals surface area contributed by atoms with Gasteiger partial charge in [-0.15, -0.1) is 5.10 Å². The molecular formula is C18H14Cl2FN3O3. The summed E-state index contributed by atoms with van der Waals surface area (Å²) in [6.07, 6.45) is 0. The zero-order valence-electron chi connectivity index (χ0n) is 14.2. The first-order valence-electron chi connectivity index (χ1n) is 7.85. The summed E-state index contributed by atoms with van der Waals surface area (Å²) in [6, 6.07) is 10.3. The van der Waals surface area contributed by atoms with Gasteiger partial charge in [-0.3, -0.25) is 4.79 Å². The van der Waals surface area contributed by atoms with Gasteiger partial charge in [0, 0.05) is 29.2 Å². The van der Waals surface area contributed by atoms with Crippen LogP contribution in [0.15, 0.2) is 51.7 Å². The van der Waals surface area contributed by atoms with Crippen LogP contribution in [0.25, 0.3) is 11.5 Å². The number of likely N-dealkylation sites (N-methyl/N-ethyl adjacent to an activating group) is 1. The summed E-state index contributed by atoms with van der Waals surface area (Å²) in [5.74, 6) is -1.54. The highest BCUT2D eigenvalue weighted by atomic mass is 35.5. The van der Waals surface area contributed by atoms with Crippen molar-refractivity contribution >= 4 is 29.1 Å². The molecule has 6 nitrogen and oxygen atoms in total. The lowest BCUT2D eigenvalue weighted by atomic mass is 10.2. The fourth-order valence-corrected chi connectivity index (χ4v) is 2.83. The molecule has 0 aliphatic heterocycles. The van der Waals surface area contributed by atoms with Gasteiger partial charge in [0.25, 0.3) is 0 Å². The van der Waals surface area contributed by atoms with E-state index in [9.17, 15) is 14.0 Å². The van der Waals surface area contributed by atoms with Gasteiger partial charge in [-0.1, -0.05) is 29.3 Å². The zero-order valence-corrected chi connectivity index (χ0v) is 15.7. The monoisotopic (exact) mass is 409 g/mol. The molecule has 3 aromatic rings. The van der Waals surface area contributed by atoms with Crippen LogP contribution < -0.4 is 5.76 Å². The number of rotatable bonds is 5. The molecule has 2 aromatic carbocycles. The van der Waals surface area contributed by atoms with Crippen molar-refractivity contribution in [2.24, 2.45) is 0 Å². The Bertz CT molecular complexity index is 1030. The average Bonchev–Trinajstić information content (AvgIpc) is 2.98. The minimum Gasteiger partial charge on any atom is -0.388 e. The molecule has 3 rings (SSSR count). The third-order valence-corrected chi connectivity index (χ3v) is 4.42. The van der Waals surface area contributed by atoms with Crippen molar-refractivity contribution < 1.29 is 13.6 Å². The van der Waals surface area contributed by atoms with E-state index in [2.05, 4.69) is 5.10 Å². The fraction of sp³-hybridized carbons (Fsp3) is 0.167. The van der Waals surface area contributed by atoms with Gasteiger partial charge in [0.15, 0.2) is 0 Å². The number of carbonyl (C=O) groups is 1. The molecule has 0 bridgehead atoms. The molecule has 1 aromatic heterocycles. The molecule has 0 unspecified atom stereocenters. The standard InChI is InChI=1S/C18H14Cl2FN3O3/c1-23(9-12-2-5-13(19)8-15(12)20)16(25)10-24-18(26)27-17(22-24)11-3-6-14(21)7-4-11/h2-8H,9-10H2,1H3. The van der Waals surface area contributed by atoms with Crippen molar-refractivity contribution in [1.29, 1.82) is 0 Å². The second-order valence-electron chi connectivity index (χ2n) is 5.82. The Labute approximate surface area is 163 Å². The number of halogens is 3. The third kappa shape index (κ3) is 4.56. The summed E-state index contributed by atoms with van der Waals surface area (Å²) in [4.78, 5) is 25.8. The molecule has 0 radical (unpaired) electrons. The molecule has 0 aliphatic carbocycles. The lowest BCUT2D eigenvalue weighted by Crippen LogP contribution is -2.33. The second-order valence-corrected chi connectivity index (χ2v) is 6.67. The van der Waals surface area contributed by atoms with E-state index in [1.165, 1.54) is 29.2 Å². The third-order valence-electron chi connectivity index (χ3n) is 3.83. The van der Waals surface area contributed by atoms with Crippen LogP contribution in [0.4, 0.5) is 4.39 Å². The predicted molar refractivity (Wildman–Crippen MR) is 99.1 cm³/mol. The van der Waals surface area contributed by atoms with Crippen molar-refractivity contribution in [2.45, 2.75) is 13.1 Å². The minimum absolute atomic E-state index is 0.0104. The Hall–Kier alpha value is -2.64. The van der Waals surface area contributed by atoms with Crippen LogP contribution in [0, 0.1) is 5.82 Å². The van der Waals surface area contributed by atoms with E-state index in [1.807, 2.05) is 0 Å². The number of benzene rings is 2. The number of carbonyl (C=O) groups excluding carboxylic acids is 1. The first kappa shape index (κ1) is 19.1. The smallest absolute Gasteiger partial charge is 0.388 e. The quantitative estimate of drug-likeness (QED) is 0.645. The maximum absolute atomic E-state index is 13.0. The largest absolute Gasteiger partial charge is 0.437 e. The summed E-state index contributed by atoms with van der Waals surface area (Å²) >= 11 is 12.0. The van der Waals surface area contributed by atoms with Crippen LogP contribution in [-0.2, 0) is 17.9 Å². The Kier molecular flexibility index (Phi) is 5.62. The number of amides is 1. The van der Waals surface area contributed by atoms with Crippen LogP contribution in [-0.4, -0.2) is 27.6 Å². The van der Waals surface area contributed by atoms with E-state index >= 15 is 0 Å². The van der Waals surface area contributed by atoms with Crippen molar-refractivity contribution in [3.63, 3.8) is 0 Å². The zero-order chi connectivity index (χ0) is 19.6. The molecule has 0 atom stereocenters. The molecule has 9 heteroatoms. The highest BCUT2D eigenvalue weighted by molar-refractivity contribution is 6.35. The van der Waals surface area contributed by atoms with Gasteiger partial charge in [0.2, 0.25) is 11.8 Å². The van der Waals surface area contributed by atoms with Gasteiger partial charge in [-0.25, -0.2) is 9.18 Å². The van der Waals surface area contributed by atoms with Crippen molar-refractivity contribution in [2.75, 3.05) is 7.05 Å². The van der Waals surface area contributed by atoms with Crippen LogP contribution >= 0.6 is 23.2 Å². The Balaban J connectivity index is 1.72. The molecule has 140 valence electrons. The van der Waals surface area contributed by atoms with Gasteiger partial charge in [0.05, 0.1) is 0 Å². The topological polar surface area (TPSA) is 68.3 Å². The van der Waals surface area contributed by atoms with E-state index < -0.39 is 11.6 Å². The van der Waals surface area contributed by atoms with E-state index in [0.29, 0.717) is 15.6 Å². The van der Waals surface area contributed by atoms with Gasteiger partial charge in [0.1, 0.15) is 12.4 Å². The summed E-state index contributed by atoms with van der Waals surface area (Å²) in [6.45, 7) is -0.0580. The maximum atomic E-state index is 13.0. The number of hydrogen-bond acceptors (Lipinski definition) is 4. The van der Waals surface area contributed by atoms with E-state index in [-0.39, 0.29) is 24.9 Å². The first-order valence-corrected chi connectivity index (χ1v) is 8.61. The highest BCUT2D eigenvalue weighted by Crippen LogP contribution is 2.22. The summed E-state index contributed by atoms with van der Waals surface area (Å²) in [7, 11) is 1.58. The van der Waals surface area contributed by atoms with Crippen molar-refractivity contribution in [3.05, 3.63) is 74.4 Å². The Morgan fingerprint density at radius 1 is 1.22 bits per heavy atom. The van der Waals surface area contributed by atoms with Crippen LogP contribution in [0.3, 0.4) is 0 Å². The van der Waals surface area contributed by atoms with Crippen molar-refractivity contribution in [3.8, 4) is 11.5 Å². The Morgan fingerprint density at radius 2 is 1.93 bits per heavy atom. The summed E-state index contributed by atoms with van der Waals surface area (Å²) in [5, 5.41) is 4.94. The second kappa shape index (κ2) is 7.94. The molecule has 0 saturated carbocycles. The number of hydrogen-bond donors (Lipinski definition) is 0. The summed E-state index contributed by atoms with van der Waals surface area (Å²) in [5.41, 5.74) is 1.15. The van der Waals surface area contributed by atoms with E-state index in [0.717, 1.165) is 10.2 Å². The first-order chi connectivity index (χ1) is 12.8. The van der Waals surface area contributed by atoms with Gasteiger partial charge < -0.3 is 9.32 Å². The fourth-order valence-electron chi connectivity index (χ4n) is 2.36. The van der Waals surface area contributed by atoms with Gasteiger partial charge in [-0.2, -0.15) is 4.68 Å². The average molecular weight is 410 g/mol. The van der Waals surface area contributed by atoms with E-state index in [1.54, 1.807) is 25.2 Å². The Morgan fingerprint density at radius 3 is 2.59 bits per heavy atom. The predicted octanol–water partition coefficient (Wildman–Crippen LogP) is 3.61. The van der Waals surface area contributed by atoms with Crippen molar-refractivity contribution in [1.82, 2.24) is 14.7 Å². The van der Waals surface area contributed by atoms with Crippen LogP contribution in [0.5, 0.6) is 0 Å². The number of nitrogens with zero attached hydrogens (tertiary/aromatic N) is 3. The molecule has 0 saturated heterocycles. The van der Waals surface area contributed by atoms with Gasteiger partial charge in [-0.05, 0) is 42.0 Å². The molecule has 0 spiro atoms. The van der Waals surface area contributed by atoms with Gasteiger partial charge >= 0.3 is 5.76 Å². The molecule has 0 aliphatic rings. The highest BCUT2D eigenvalue weighted by Gasteiger charge is 2.17. The molecule has 1 amide bonds. The molecule has 27 heavy (non-hydrogen) atoms. The lowest BCUT2D eigenvalue weighted by molar-refractivity contribution is -0.131. The molecule has 1 heterocycles. The van der Waals surface area contributed by atoms with Crippen LogP contribution in [0.2, 0.25) is 10.0 Å². The lowest BCUT2D eigenvalue weighted by Gasteiger charge is -2.17. The maximum Gasteiger partial charge on any atom is 0.437 e. The normalized spacial score (nSPS) is 10.8. The minimum atomic E-state index is -0.777. The summed E-state index contributed by atoms with van der Waals surface area (Å²) < 4.78 is 18.9. The SMILES string of the molecule is CN(Cc1ccc(Cl)cc1Cl)C(=O)Cn1nc(-c2ccc(F)cc2)oc1=O. The van der Waals surface area contributed by atoms with E-state index in [4.69, 9.17) is 27.6 Å². The molecule has 0 fully saturated rings.